The van der Waals surface area contributed by atoms with Crippen LogP contribution in [0.25, 0.3) is 0 Å². The Balaban J connectivity index is 2.45. The van der Waals surface area contributed by atoms with Crippen LogP contribution < -0.4 is 0 Å². The van der Waals surface area contributed by atoms with Crippen LogP contribution in [0.1, 0.15) is 73.1 Å². The molecule has 0 heteroatoms. The molecule has 1 rings (SSSR count). The summed E-state index contributed by atoms with van der Waals surface area (Å²) >= 11 is 0. The second-order valence-electron chi connectivity index (χ2n) is 6.58. The Labute approximate surface area is 96.8 Å². The van der Waals surface area contributed by atoms with Crippen molar-refractivity contribution in [1.29, 1.82) is 0 Å². The van der Waals surface area contributed by atoms with Crippen molar-refractivity contribution in [2.24, 2.45) is 23.2 Å². The lowest BCUT2D eigenvalue weighted by Gasteiger charge is -2.32. The summed E-state index contributed by atoms with van der Waals surface area (Å²) < 4.78 is 0. The molecule has 3 unspecified atom stereocenters. The van der Waals surface area contributed by atoms with Crippen molar-refractivity contribution in [3.63, 3.8) is 0 Å². The predicted molar refractivity (Wildman–Crippen MR) is 69.0 cm³/mol. The maximum Gasteiger partial charge on any atom is -0.0297 e. The molecule has 1 saturated carbocycles. The SMILES string of the molecule is CCCC(C)C1(C)CCC(CC(C)C)C1. The lowest BCUT2D eigenvalue weighted by Crippen LogP contribution is -2.22. The zero-order valence-corrected chi connectivity index (χ0v) is 11.5. The molecule has 90 valence electrons. The fourth-order valence-electron chi connectivity index (χ4n) is 3.49. The molecule has 1 aliphatic rings. The number of hydrogen-bond donors (Lipinski definition) is 0. The third-order valence-electron chi connectivity index (χ3n) is 4.59. The molecule has 0 radical (unpaired) electrons. The smallest absolute Gasteiger partial charge is 0.0297 e. The zero-order valence-electron chi connectivity index (χ0n) is 11.5. The van der Waals surface area contributed by atoms with Gasteiger partial charge in [0.15, 0.2) is 0 Å². The second kappa shape index (κ2) is 5.37. The van der Waals surface area contributed by atoms with E-state index in [1.54, 1.807) is 0 Å². The van der Waals surface area contributed by atoms with E-state index in [2.05, 4.69) is 34.6 Å². The van der Waals surface area contributed by atoms with Gasteiger partial charge in [0.2, 0.25) is 0 Å². The minimum atomic E-state index is 0.662. The molecule has 0 amide bonds. The van der Waals surface area contributed by atoms with Gasteiger partial charge in [-0.15, -0.1) is 0 Å². The van der Waals surface area contributed by atoms with Gasteiger partial charge in [-0.05, 0) is 48.9 Å². The van der Waals surface area contributed by atoms with Crippen molar-refractivity contribution in [3.8, 4) is 0 Å². The molecule has 0 bridgehead atoms. The molecule has 0 aromatic rings. The highest BCUT2D eigenvalue weighted by atomic mass is 14.4. The van der Waals surface area contributed by atoms with E-state index in [-0.39, 0.29) is 0 Å². The molecule has 15 heavy (non-hydrogen) atoms. The molecule has 0 aliphatic heterocycles. The highest BCUT2D eigenvalue weighted by Crippen LogP contribution is 2.49. The highest BCUT2D eigenvalue weighted by molar-refractivity contribution is 4.89. The van der Waals surface area contributed by atoms with Gasteiger partial charge in [-0.2, -0.15) is 0 Å². The average Bonchev–Trinajstić information content (AvgIpc) is 2.48. The Bertz CT molecular complexity index is 182. The standard InChI is InChI=1S/C15H30/c1-6-7-13(4)15(5)9-8-14(11-15)10-12(2)3/h12-14H,6-11H2,1-5H3. The molecule has 3 atom stereocenters. The van der Waals surface area contributed by atoms with Gasteiger partial charge in [0, 0.05) is 0 Å². The van der Waals surface area contributed by atoms with Crippen LogP contribution in [0.3, 0.4) is 0 Å². The van der Waals surface area contributed by atoms with Crippen molar-refractivity contribution in [1.82, 2.24) is 0 Å². The van der Waals surface area contributed by atoms with Crippen molar-refractivity contribution >= 4 is 0 Å². The van der Waals surface area contributed by atoms with E-state index in [0.29, 0.717) is 5.41 Å². The van der Waals surface area contributed by atoms with Crippen LogP contribution in [0.15, 0.2) is 0 Å². The van der Waals surface area contributed by atoms with Crippen LogP contribution in [0.5, 0.6) is 0 Å². The van der Waals surface area contributed by atoms with Gasteiger partial charge in [0.05, 0.1) is 0 Å². The first-order valence-electron chi connectivity index (χ1n) is 6.98. The zero-order chi connectivity index (χ0) is 11.5. The van der Waals surface area contributed by atoms with Crippen LogP contribution in [0.2, 0.25) is 0 Å². The Morgan fingerprint density at radius 2 is 1.93 bits per heavy atom. The molecule has 0 N–H and O–H groups in total. The van der Waals surface area contributed by atoms with E-state index in [0.717, 1.165) is 17.8 Å². The summed E-state index contributed by atoms with van der Waals surface area (Å²) in [7, 11) is 0. The first-order chi connectivity index (χ1) is 6.98. The third kappa shape index (κ3) is 3.50. The largest absolute Gasteiger partial charge is 0.0654 e. The van der Waals surface area contributed by atoms with E-state index in [4.69, 9.17) is 0 Å². The van der Waals surface area contributed by atoms with E-state index in [1.165, 1.54) is 38.5 Å². The summed E-state index contributed by atoms with van der Waals surface area (Å²) in [6.45, 7) is 12.1. The van der Waals surface area contributed by atoms with Crippen molar-refractivity contribution in [3.05, 3.63) is 0 Å². The monoisotopic (exact) mass is 210 g/mol. The first-order valence-corrected chi connectivity index (χ1v) is 6.98. The van der Waals surface area contributed by atoms with E-state index in [9.17, 15) is 0 Å². The summed E-state index contributed by atoms with van der Waals surface area (Å²) in [4.78, 5) is 0. The van der Waals surface area contributed by atoms with Crippen LogP contribution >= 0.6 is 0 Å². The van der Waals surface area contributed by atoms with Gasteiger partial charge >= 0.3 is 0 Å². The van der Waals surface area contributed by atoms with E-state index < -0.39 is 0 Å². The summed E-state index contributed by atoms with van der Waals surface area (Å²) in [5.74, 6) is 2.84. The Morgan fingerprint density at radius 3 is 2.47 bits per heavy atom. The molecule has 1 fully saturated rings. The first kappa shape index (κ1) is 13.1. The minimum absolute atomic E-state index is 0.662. The molecule has 1 aliphatic carbocycles. The Morgan fingerprint density at radius 1 is 1.27 bits per heavy atom. The second-order valence-corrected chi connectivity index (χ2v) is 6.58. The fraction of sp³-hybridized carbons (Fsp3) is 1.00. The predicted octanol–water partition coefficient (Wildman–Crippen LogP) is 5.28. The summed E-state index contributed by atoms with van der Waals surface area (Å²) in [6, 6.07) is 0. The normalized spacial score (nSPS) is 33.6. The molecule has 0 nitrogen and oxygen atoms in total. The van der Waals surface area contributed by atoms with Gasteiger partial charge in [-0.3, -0.25) is 0 Å². The van der Waals surface area contributed by atoms with Crippen LogP contribution in [-0.2, 0) is 0 Å². The van der Waals surface area contributed by atoms with Crippen molar-refractivity contribution in [2.75, 3.05) is 0 Å². The minimum Gasteiger partial charge on any atom is -0.0654 e. The number of hydrogen-bond acceptors (Lipinski definition) is 0. The van der Waals surface area contributed by atoms with Crippen molar-refractivity contribution < 1.29 is 0 Å². The Hall–Kier alpha value is 0. The van der Waals surface area contributed by atoms with Gasteiger partial charge in [0.1, 0.15) is 0 Å². The van der Waals surface area contributed by atoms with Crippen molar-refractivity contribution in [2.45, 2.75) is 73.1 Å². The molecule has 0 heterocycles. The van der Waals surface area contributed by atoms with Crippen LogP contribution in [0, 0.1) is 23.2 Å². The molecular weight excluding hydrogens is 180 g/mol. The van der Waals surface area contributed by atoms with E-state index in [1.807, 2.05) is 0 Å². The molecule has 0 spiro atoms. The Kier molecular flexibility index (Phi) is 4.67. The third-order valence-corrected chi connectivity index (χ3v) is 4.59. The molecule has 0 saturated heterocycles. The summed E-state index contributed by atoms with van der Waals surface area (Å²) in [5.41, 5.74) is 0.662. The average molecular weight is 210 g/mol. The van der Waals surface area contributed by atoms with Crippen LogP contribution in [-0.4, -0.2) is 0 Å². The van der Waals surface area contributed by atoms with E-state index >= 15 is 0 Å². The molecule has 0 aromatic carbocycles. The van der Waals surface area contributed by atoms with Crippen LogP contribution in [0.4, 0.5) is 0 Å². The summed E-state index contributed by atoms with van der Waals surface area (Å²) in [6.07, 6.45) is 8.69. The maximum atomic E-state index is 2.54. The van der Waals surface area contributed by atoms with Gasteiger partial charge in [-0.25, -0.2) is 0 Å². The maximum absolute atomic E-state index is 2.54. The molecular formula is C15H30. The highest BCUT2D eigenvalue weighted by Gasteiger charge is 2.38. The number of rotatable bonds is 5. The lowest BCUT2D eigenvalue weighted by atomic mass is 9.74. The fourth-order valence-corrected chi connectivity index (χ4v) is 3.49. The van der Waals surface area contributed by atoms with Gasteiger partial charge in [-0.1, -0.05) is 47.5 Å². The van der Waals surface area contributed by atoms with Gasteiger partial charge in [0.25, 0.3) is 0 Å². The summed E-state index contributed by atoms with van der Waals surface area (Å²) in [5, 5.41) is 0. The lowest BCUT2D eigenvalue weighted by molar-refractivity contribution is 0.185. The van der Waals surface area contributed by atoms with Gasteiger partial charge < -0.3 is 0 Å². The molecule has 0 aromatic heterocycles. The topological polar surface area (TPSA) is 0 Å². The quantitative estimate of drug-likeness (QED) is 0.579.